The van der Waals surface area contributed by atoms with Gasteiger partial charge in [-0.05, 0) is 43.2 Å². The van der Waals surface area contributed by atoms with E-state index in [1.807, 2.05) is 0 Å². The maximum atomic E-state index is 14.0. The summed E-state index contributed by atoms with van der Waals surface area (Å²) in [6.45, 7) is 1.02. The van der Waals surface area contributed by atoms with Crippen molar-refractivity contribution in [2.75, 3.05) is 32.2 Å². The van der Waals surface area contributed by atoms with E-state index in [1.54, 1.807) is 18.2 Å². The number of methoxy groups -OCH3 is 2. The van der Waals surface area contributed by atoms with Gasteiger partial charge in [0.05, 0.1) is 24.8 Å². The van der Waals surface area contributed by atoms with Gasteiger partial charge >= 0.3 is 0 Å². The van der Waals surface area contributed by atoms with Gasteiger partial charge in [0.1, 0.15) is 5.82 Å². The van der Waals surface area contributed by atoms with Crippen LogP contribution < -0.4 is 14.4 Å². The van der Waals surface area contributed by atoms with Gasteiger partial charge in [0.15, 0.2) is 16.4 Å². The van der Waals surface area contributed by atoms with Crippen LogP contribution in [0.3, 0.4) is 0 Å². The second-order valence-electron chi connectivity index (χ2n) is 7.02. The van der Waals surface area contributed by atoms with Crippen molar-refractivity contribution in [2.24, 2.45) is 0 Å². The summed E-state index contributed by atoms with van der Waals surface area (Å²) in [5.74, 6) is -0.227. The molecule has 0 radical (unpaired) electrons. The fourth-order valence-corrected chi connectivity index (χ4v) is 5.24. The number of hydrogen-bond acceptors (Lipinski definition) is 6. The molecule has 0 bridgehead atoms. The molecule has 9 heteroatoms. The number of ether oxygens (including phenoxy) is 2. The van der Waals surface area contributed by atoms with E-state index in [9.17, 15) is 17.6 Å². The fraction of sp³-hybridized carbons (Fsp3) is 0.286. The van der Waals surface area contributed by atoms with Gasteiger partial charge in [0, 0.05) is 31.0 Å². The number of likely N-dealkylation sites (tertiary alicyclic amines) is 1. The molecule has 0 N–H and O–H groups in total. The smallest absolute Gasteiger partial charge is 0.267 e. The lowest BCUT2D eigenvalue weighted by atomic mass is 10.2. The van der Waals surface area contributed by atoms with E-state index in [1.165, 1.54) is 36.3 Å². The van der Waals surface area contributed by atoms with Crippen molar-refractivity contribution < 1.29 is 27.1 Å². The van der Waals surface area contributed by atoms with Crippen LogP contribution in [0.25, 0.3) is 0 Å². The molecule has 0 aromatic heterocycles. The molecule has 1 saturated heterocycles. The molecule has 4 rings (SSSR count). The summed E-state index contributed by atoms with van der Waals surface area (Å²) in [5, 5.41) is 0. The number of fused-ring (bicyclic) bond motifs is 1. The first-order valence-corrected chi connectivity index (χ1v) is 10.9. The van der Waals surface area contributed by atoms with Crippen molar-refractivity contribution in [3.63, 3.8) is 0 Å². The molecule has 0 saturated carbocycles. The summed E-state index contributed by atoms with van der Waals surface area (Å²) in [5.41, 5.74) is 0.626. The molecule has 2 aliphatic heterocycles. The summed E-state index contributed by atoms with van der Waals surface area (Å²) in [6, 6.07) is 8.38. The van der Waals surface area contributed by atoms with Crippen molar-refractivity contribution in [2.45, 2.75) is 17.7 Å². The predicted molar refractivity (Wildman–Crippen MR) is 109 cm³/mol. The van der Waals surface area contributed by atoms with Crippen molar-refractivity contribution in [3.05, 3.63) is 53.3 Å². The topological polar surface area (TPSA) is 76.2 Å². The number of nitrogens with zero attached hydrogens (tertiary/aromatic N) is 2. The molecule has 0 spiro atoms. The molecule has 7 nitrogen and oxygen atoms in total. The van der Waals surface area contributed by atoms with Gasteiger partial charge in [-0.25, -0.2) is 12.8 Å². The van der Waals surface area contributed by atoms with Crippen LogP contribution in [0.15, 0.2) is 52.4 Å². The lowest BCUT2D eigenvalue weighted by Crippen LogP contribution is -2.35. The van der Waals surface area contributed by atoms with Crippen molar-refractivity contribution in [1.29, 1.82) is 0 Å². The van der Waals surface area contributed by atoms with Crippen LogP contribution in [0.4, 0.5) is 15.8 Å². The standard InChI is InChI=1S/C21H21FN2O5S/c1-28-17-7-6-15(12-18(17)29-2)24-13-20(21(25)23-9-3-4-10-23)30(26,27)19-8-5-14(22)11-16(19)24/h5-8,11-13H,3-4,9-10H2,1-2H3. The van der Waals surface area contributed by atoms with Gasteiger partial charge in [0.25, 0.3) is 5.91 Å². The summed E-state index contributed by atoms with van der Waals surface area (Å²) in [4.78, 5) is 15.6. The number of rotatable bonds is 4. The van der Waals surface area contributed by atoms with E-state index < -0.39 is 21.6 Å². The van der Waals surface area contributed by atoms with Crippen LogP contribution in [0, 0.1) is 5.82 Å². The molecular weight excluding hydrogens is 411 g/mol. The number of amides is 1. The predicted octanol–water partition coefficient (Wildman–Crippen LogP) is 3.23. The molecule has 2 aliphatic rings. The molecule has 2 aromatic carbocycles. The Bertz CT molecular complexity index is 1140. The first-order chi connectivity index (χ1) is 14.4. The average molecular weight is 432 g/mol. The SMILES string of the molecule is COc1ccc(N2C=C(C(=O)N3CCCC3)S(=O)(=O)c3ccc(F)cc32)cc1OC. The summed E-state index contributed by atoms with van der Waals surface area (Å²) < 4.78 is 51.0. The monoisotopic (exact) mass is 432 g/mol. The van der Waals surface area contributed by atoms with E-state index in [2.05, 4.69) is 0 Å². The average Bonchev–Trinajstić information content (AvgIpc) is 3.27. The zero-order valence-electron chi connectivity index (χ0n) is 16.6. The molecule has 0 aliphatic carbocycles. The number of sulfone groups is 1. The molecule has 0 atom stereocenters. The molecule has 1 amide bonds. The molecule has 158 valence electrons. The zero-order valence-corrected chi connectivity index (χ0v) is 17.4. The lowest BCUT2D eigenvalue weighted by molar-refractivity contribution is -0.125. The van der Waals surface area contributed by atoms with E-state index in [0.717, 1.165) is 25.0 Å². The van der Waals surface area contributed by atoms with Gasteiger partial charge in [0.2, 0.25) is 9.84 Å². The minimum Gasteiger partial charge on any atom is -0.493 e. The van der Waals surface area contributed by atoms with Gasteiger partial charge in [-0.2, -0.15) is 0 Å². The number of anilines is 2. The third-order valence-corrected chi connectivity index (χ3v) is 7.04. The third kappa shape index (κ3) is 3.28. The zero-order chi connectivity index (χ0) is 21.5. The van der Waals surface area contributed by atoms with Gasteiger partial charge < -0.3 is 19.3 Å². The Balaban J connectivity index is 1.90. The first kappa shape index (κ1) is 20.2. The van der Waals surface area contributed by atoms with Gasteiger partial charge in [-0.1, -0.05) is 0 Å². The van der Waals surface area contributed by atoms with E-state index in [4.69, 9.17) is 9.47 Å². The third-order valence-electron chi connectivity index (χ3n) is 5.26. The van der Waals surface area contributed by atoms with Crippen molar-refractivity contribution in [3.8, 4) is 11.5 Å². The highest BCUT2D eigenvalue weighted by atomic mass is 32.2. The second-order valence-corrected chi connectivity index (χ2v) is 8.90. The maximum Gasteiger partial charge on any atom is 0.267 e. The molecule has 1 fully saturated rings. The Kier molecular flexibility index (Phi) is 5.15. The molecular formula is C21H21FN2O5S. The van der Waals surface area contributed by atoms with Crippen LogP contribution in [0.2, 0.25) is 0 Å². The number of benzene rings is 2. The van der Waals surface area contributed by atoms with E-state index in [0.29, 0.717) is 30.3 Å². The number of hydrogen-bond donors (Lipinski definition) is 0. The summed E-state index contributed by atoms with van der Waals surface area (Å²) in [7, 11) is -1.12. The fourth-order valence-electron chi connectivity index (χ4n) is 3.72. The largest absolute Gasteiger partial charge is 0.493 e. The summed E-state index contributed by atoms with van der Waals surface area (Å²) >= 11 is 0. The molecule has 0 unspecified atom stereocenters. The molecule has 2 aromatic rings. The summed E-state index contributed by atoms with van der Waals surface area (Å²) in [6.07, 6.45) is 2.93. The number of carbonyl (C=O) groups excluding carboxylic acids is 1. The Morgan fingerprint density at radius 2 is 1.70 bits per heavy atom. The van der Waals surface area contributed by atoms with Crippen molar-refractivity contribution in [1.82, 2.24) is 4.90 Å². The second kappa shape index (κ2) is 7.64. The number of carbonyl (C=O) groups is 1. The molecule has 30 heavy (non-hydrogen) atoms. The Morgan fingerprint density at radius 3 is 2.37 bits per heavy atom. The molecule has 2 heterocycles. The maximum absolute atomic E-state index is 14.0. The van der Waals surface area contributed by atoms with Crippen LogP contribution in [-0.2, 0) is 14.6 Å². The normalized spacial score (nSPS) is 17.4. The minimum atomic E-state index is -4.10. The Hall–Kier alpha value is -3.07. The van der Waals surface area contributed by atoms with Crippen LogP contribution in [-0.4, -0.2) is 46.5 Å². The number of halogens is 1. The lowest BCUT2D eigenvalue weighted by Gasteiger charge is -2.30. The Labute approximate surface area is 174 Å². The van der Waals surface area contributed by atoms with E-state index in [-0.39, 0.29) is 15.5 Å². The minimum absolute atomic E-state index is 0.122. The van der Waals surface area contributed by atoms with Crippen LogP contribution in [0.1, 0.15) is 12.8 Å². The van der Waals surface area contributed by atoms with Gasteiger partial charge in [-0.3, -0.25) is 4.79 Å². The van der Waals surface area contributed by atoms with Crippen LogP contribution in [0.5, 0.6) is 11.5 Å². The quantitative estimate of drug-likeness (QED) is 0.691. The highest BCUT2D eigenvalue weighted by molar-refractivity contribution is 7.96. The van der Waals surface area contributed by atoms with E-state index >= 15 is 0 Å². The van der Waals surface area contributed by atoms with Crippen LogP contribution >= 0.6 is 0 Å². The highest BCUT2D eigenvalue weighted by Crippen LogP contribution is 2.42. The highest BCUT2D eigenvalue weighted by Gasteiger charge is 2.38. The Morgan fingerprint density at radius 1 is 1.00 bits per heavy atom. The first-order valence-electron chi connectivity index (χ1n) is 9.44. The van der Waals surface area contributed by atoms with Crippen molar-refractivity contribution >= 4 is 27.1 Å². The van der Waals surface area contributed by atoms with Gasteiger partial charge in [-0.15, -0.1) is 0 Å².